The van der Waals surface area contributed by atoms with Crippen LogP contribution in [0.2, 0.25) is 0 Å². The fraction of sp³-hybridized carbons (Fsp3) is 0.706. The van der Waals surface area contributed by atoms with Gasteiger partial charge in [-0.3, -0.25) is 14.5 Å². The molecule has 4 rings (SSSR count). The number of piperidine rings is 1. The maximum atomic E-state index is 13.1. The Morgan fingerprint density at radius 2 is 2.30 bits per heavy atom. The summed E-state index contributed by atoms with van der Waals surface area (Å²) in [5.41, 5.74) is -0.408. The lowest BCUT2D eigenvalue weighted by molar-refractivity contribution is -0.187. The van der Waals surface area contributed by atoms with Crippen molar-refractivity contribution in [3.05, 3.63) is 21.9 Å². The van der Waals surface area contributed by atoms with Crippen molar-refractivity contribution in [2.45, 2.75) is 38.8 Å². The summed E-state index contributed by atoms with van der Waals surface area (Å²) in [6.45, 7) is 6.92. The number of likely N-dealkylation sites (tertiary alicyclic amines) is 1. The Labute approximate surface area is 141 Å². The quantitative estimate of drug-likeness (QED) is 0.849. The molecule has 0 unspecified atom stereocenters. The summed E-state index contributed by atoms with van der Waals surface area (Å²) in [7, 11) is 0. The molecule has 4 heterocycles. The third-order valence-electron chi connectivity index (χ3n) is 5.28. The van der Waals surface area contributed by atoms with Crippen molar-refractivity contribution in [2.75, 3.05) is 32.8 Å². The summed E-state index contributed by atoms with van der Waals surface area (Å²) in [4.78, 5) is 23.8. The van der Waals surface area contributed by atoms with Gasteiger partial charge < -0.3 is 4.74 Å². The molecule has 6 heteroatoms. The predicted molar refractivity (Wildman–Crippen MR) is 88.0 cm³/mol. The highest BCUT2D eigenvalue weighted by Gasteiger charge is 2.55. The Balaban J connectivity index is 1.52. The van der Waals surface area contributed by atoms with Gasteiger partial charge in [-0.2, -0.15) is 0 Å². The van der Waals surface area contributed by atoms with E-state index in [0.29, 0.717) is 13.2 Å². The molecular weight excluding hydrogens is 312 g/mol. The van der Waals surface area contributed by atoms with Gasteiger partial charge in [-0.15, -0.1) is 11.3 Å². The molecule has 1 amide bonds. The molecular formula is C17H24N2O3S. The van der Waals surface area contributed by atoms with Crippen LogP contribution >= 0.6 is 11.3 Å². The van der Waals surface area contributed by atoms with Gasteiger partial charge in [0.25, 0.3) is 5.91 Å². The van der Waals surface area contributed by atoms with E-state index in [0.717, 1.165) is 45.4 Å². The van der Waals surface area contributed by atoms with Crippen molar-refractivity contribution in [3.63, 3.8) is 0 Å². The number of hydrogen-bond donors (Lipinski definition) is 0. The first-order chi connectivity index (χ1) is 11.2. The second-order valence-corrected chi connectivity index (χ2v) is 8.24. The molecule has 23 heavy (non-hydrogen) atoms. The smallest absolute Gasteiger partial charge is 0.256 e. The van der Waals surface area contributed by atoms with Crippen molar-refractivity contribution >= 4 is 17.2 Å². The molecule has 3 fully saturated rings. The Morgan fingerprint density at radius 1 is 1.39 bits per heavy atom. The Morgan fingerprint density at radius 3 is 3.04 bits per heavy atom. The number of amides is 1. The van der Waals surface area contributed by atoms with Gasteiger partial charge in [0.1, 0.15) is 0 Å². The van der Waals surface area contributed by atoms with Crippen LogP contribution in [0.1, 0.15) is 29.0 Å². The third-order valence-corrected chi connectivity index (χ3v) is 6.26. The maximum Gasteiger partial charge on any atom is 0.256 e. The highest BCUT2D eigenvalue weighted by atomic mass is 32.1. The first-order valence-electron chi connectivity index (χ1n) is 8.51. The van der Waals surface area contributed by atoms with Gasteiger partial charge in [0.05, 0.1) is 24.7 Å². The van der Waals surface area contributed by atoms with E-state index in [1.807, 2.05) is 11.3 Å². The molecule has 0 aliphatic carbocycles. The second-order valence-electron chi connectivity index (χ2n) is 6.87. The zero-order chi connectivity index (χ0) is 15.9. The number of carbonyl (C=O) groups excluding carboxylic acids is 1. The SMILES string of the molecule is Cc1ccc(CN2CC[C@H]3OCC[C@@]3(C(=O)N3CCCO3)C2)s1. The minimum Gasteiger partial charge on any atom is -0.377 e. The lowest BCUT2D eigenvalue weighted by Gasteiger charge is -2.43. The molecule has 0 aromatic carbocycles. The topological polar surface area (TPSA) is 42.0 Å². The zero-order valence-corrected chi connectivity index (χ0v) is 14.4. The molecule has 1 aromatic heterocycles. The van der Waals surface area contributed by atoms with Crippen molar-refractivity contribution in [1.29, 1.82) is 0 Å². The highest BCUT2D eigenvalue weighted by molar-refractivity contribution is 7.11. The summed E-state index contributed by atoms with van der Waals surface area (Å²) < 4.78 is 5.92. The highest BCUT2D eigenvalue weighted by Crippen LogP contribution is 2.43. The molecule has 2 atom stereocenters. The molecule has 0 N–H and O–H groups in total. The molecule has 3 aliphatic rings. The minimum atomic E-state index is -0.408. The Bertz CT molecular complexity index is 584. The Hall–Kier alpha value is -0.950. The van der Waals surface area contributed by atoms with Crippen LogP contribution in [0.3, 0.4) is 0 Å². The van der Waals surface area contributed by atoms with Gasteiger partial charge in [0, 0.05) is 36.0 Å². The fourth-order valence-electron chi connectivity index (χ4n) is 4.12. The van der Waals surface area contributed by atoms with E-state index < -0.39 is 5.41 Å². The molecule has 0 radical (unpaired) electrons. The number of hydrogen-bond acceptors (Lipinski definition) is 5. The van der Waals surface area contributed by atoms with E-state index in [9.17, 15) is 4.79 Å². The van der Waals surface area contributed by atoms with E-state index in [2.05, 4.69) is 24.0 Å². The number of rotatable bonds is 3. The summed E-state index contributed by atoms with van der Waals surface area (Å²) in [6, 6.07) is 4.37. The van der Waals surface area contributed by atoms with Crippen LogP contribution in [0, 0.1) is 12.3 Å². The summed E-state index contributed by atoms with van der Waals surface area (Å²) in [5, 5.41) is 1.60. The molecule has 3 aliphatic heterocycles. The molecule has 0 spiro atoms. The molecule has 1 aromatic rings. The summed E-state index contributed by atoms with van der Waals surface area (Å²) in [5.74, 6) is 0.143. The summed E-state index contributed by atoms with van der Waals surface area (Å²) >= 11 is 1.85. The largest absolute Gasteiger partial charge is 0.377 e. The van der Waals surface area contributed by atoms with Crippen LogP contribution in [0.25, 0.3) is 0 Å². The van der Waals surface area contributed by atoms with Crippen LogP contribution < -0.4 is 0 Å². The first-order valence-corrected chi connectivity index (χ1v) is 9.33. The maximum absolute atomic E-state index is 13.1. The Kier molecular flexibility index (Phi) is 4.17. The van der Waals surface area contributed by atoms with Gasteiger partial charge >= 0.3 is 0 Å². The molecule has 0 bridgehead atoms. The second kappa shape index (κ2) is 6.16. The van der Waals surface area contributed by atoms with Crippen LogP contribution in [0.5, 0.6) is 0 Å². The van der Waals surface area contributed by atoms with Gasteiger partial charge in [-0.25, -0.2) is 5.06 Å². The van der Waals surface area contributed by atoms with Crippen molar-refractivity contribution in [1.82, 2.24) is 9.96 Å². The van der Waals surface area contributed by atoms with Crippen molar-refractivity contribution < 1.29 is 14.4 Å². The van der Waals surface area contributed by atoms with Gasteiger partial charge in [0.15, 0.2) is 0 Å². The fourth-order valence-corrected chi connectivity index (χ4v) is 5.05. The average Bonchev–Trinajstić information content (AvgIpc) is 3.27. The van der Waals surface area contributed by atoms with E-state index >= 15 is 0 Å². The number of thiophene rings is 1. The lowest BCUT2D eigenvalue weighted by Crippen LogP contribution is -2.57. The van der Waals surface area contributed by atoms with E-state index in [1.54, 1.807) is 5.06 Å². The molecule has 0 saturated carbocycles. The van der Waals surface area contributed by atoms with Gasteiger partial charge in [-0.1, -0.05) is 0 Å². The average molecular weight is 336 g/mol. The molecule has 126 valence electrons. The number of nitrogens with zero attached hydrogens (tertiary/aromatic N) is 2. The number of ether oxygens (including phenoxy) is 1. The minimum absolute atomic E-state index is 0.0560. The number of carbonyl (C=O) groups is 1. The van der Waals surface area contributed by atoms with E-state index in [1.165, 1.54) is 9.75 Å². The number of fused-ring (bicyclic) bond motifs is 1. The number of aryl methyl sites for hydroxylation is 1. The van der Waals surface area contributed by atoms with E-state index in [-0.39, 0.29) is 12.0 Å². The molecule has 3 saturated heterocycles. The number of hydroxylamine groups is 2. The molecule has 5 nitrogen and oxygen atoms in total. The normalized spacial score (nSPS) is 31.5. The van der Waals surface area contributed by atoms with Gasteiger partial charge in [-0.05, 0) is 38.3 Å². The summed E-state index contributed by atoms with van der Waals surface area (Å²) in [6.07, 6.45) is 2.74. The third kappa shape index (κ3) is 2.82. The first kappa shape index (κ1) is 15.6. The van der Waals surface area contributed by atoms with Crippen molar-refractivity contribution in [2.24, 2.45) is 5.41 Å². The van der Waals surface area contributed by atoms with Crippen molar-refractivity contribution in [3.8, 4) is 0 Å². The zero-order valence-electron chi connectivity index (χ0n) is 13.6. The van der Waals surface area contributed by atoms with Crippen LogP contribution in [-0.2, 0) is 20.9 Å². The van der Waals surface area contributed by atoms with Gasteiger partial charge in [0.2, 0.25) is 0 Å². The van der Waals surface area contributed by atoms with Crippen LogP contribution in [0.4, 0.5) is 0 Å². The lowest BCUT2D eigenvalue weighted by atomic mass is 9.75. The van der Waals surface area contributed by atoms with E-state index in [4.69, 9.17) is 9.57 Å². The van der Waals surface area contributed by atoms with Crippen LogP contribution in [-0.4, -0.2) is 54.8 Å². The predicted octanol–water partition coefficient (Wildman–Crippen LogP) is 2.20. The standard InChI is InChI=1S/C17H24N2O3S/c1-13-3-4-14(23-13)11-18-8-5-15-17(12-18,6-10-21-15)16(20)19-7-2-9-22-19/h3-4,15H,2,5-12H2,1H3/t15-,17-/m1/s1. The monoisotopic (exact) mass is 336 g/mol. The van der Waals surface area contributed by atoms with Crippen LogP contribution in [0.15, 0.2) is 12.1 Å².